The fraction of sp³-hybridized carbons (Fsp3) is 0.286. The highest BCUT2D eigenvalue weighted by Crippen LogP contribution is 2.22. The van der Waals surface area contributed by atoms with Gasteiger partial charge in [0.1, 0.15) is 16.6 Å². The molecule has 4 aromatic heterocycles. The van der Waals surface area contributed by atoms with Gasteiger partial charge in [-0.2, -0.15) is 0 Å². The Bertz CT molecular complexity index is 1160. The second kappa shape index (κ2) is 9.04. The zero-order chi connectivity index (χ0) is 21.2. The molecular formula is C21H27ClN6O2. The summed E-state index contributed by atoms with van der Waals surface area (Å²) >= 11 is 0. The highest BCUT2D eigenvalue weighted by molar-refractivity contribution is 5.97. The molecule has 0 atom stereocenters. The van der Waals surface area contributed by atoms with E-state index in [9.17, 15) is 4.79 Å². The number of nitrogens with two attached hydrogens (primary N) is 1. The average molecular weight is 431 g/mol. The summed E-state index contributed by atoms with van der Waals surface area (Å²) in [5.74, 6) is 0. The standard InChI is InChI=1S/C13H17N3O2.C8H9N3.ClH/c1-8-5-6-9-11(15-8)10(7-14-9)16-12(17)18-13(2,3)4;1-5-2-3-7-8(11-5)6(9)4-10-7;/h5-7,14H,1-4H3,(H,16,17);2-4,10H,9H2,1H3;1H. The van der Waals surface area contributed by atoms with Crippen molar-refractivity contribution in [3.05, 3.63) is 48.0 Å². The molecule has 0 aromatic carbocycles. The second-order valence-corrected chi connectivity index (χ2v) is 7.77. The van der Waals surface area contributed by atoms with E-state index in [0.717, 1.165) is 33.5 Å². The van der Waals surface area contributed by atoms with E-state index in [2.05, 4.69) is 25.3 Å². The van der Waals surface area contributed by atoms with E-state index < -0.39 is 11.7 Å². The molecule has 0 bridgehead atoms. The molecule has 160 valence electrons. The Hall–Kier alpha value is -3.26. The summed E-state index contributed by atoms with van der Waals surface area (Å²) in [7, 11) is 0. The normalized spacial score (nSPS) is 10.8. The SMILES string of the molecule is Cc1ccc2[nH]cc(N)c2n1.Cc1ccc2[nH]cc(NC(=O)OC(C)(C)C)c2n1.Cl. The first-order valence-electron chi connectivity index (χ1n) is 9.27. The summed E-state index contributed by atoms with van der Waals surface area (Å²) < 4.78 is 5.20. The number of halogens is 1. The summed E-state index contributed by atoms with van der Waals surface area (Å²) in [4.78, 5) is 26.4. The van der Waals surface area contributed by atoms with E-state index >= 15 is 0 Å². The quantitative estimate of drug-likeness (QED) is 0.335. The van der Waals surface area contributed by atoms with Crippen LogP contribution in [-0.4, -0.2) is 31.6 Å². The van der Waals surface area contributed by atoms with Gasteiger partial charge in [0, 0.05) is 23.8 Å². The molecule has 9 heteroatoms. The monoisotopic (exact) mass is 430 g/mol. The zero-order valence-electron chi connectivity index (χ0n) is 17.7. The van der Waals surface area contributed by atoms with Gasteiger partial charge < -0.3 is 20.4 Å². The Labute approximate surface area is 181 Å². The van der Waals surface area contributed by atoms with Crippen LogP contribution in [0.4, 0.5) is 16.2 Å². The molecule has 0 saturated carbocycles. The number of rotatable bonds is 1. The van der Waals surface area contributed by atoms with E-state index in [-0.39, 0.29) is 12.4 Å². The number of anilines is 2. The van der Waals surface area contributed by atoms with E-state index in [1.165, 1.54) is 0 Å². The van der Waals surface area contributed by atoms with Crippen LogP contribution in [0, 0.1) is 13.8 Å². The molecule has 5 N–H and O–H groups in total. The molecule has 0 aliphatic heterocycles. The maximum absolute atomic E-state index is 11.7. The number of carbonyl (C=O) groups excluding carboxylic acids is 1. The highest BCUT2D eigenvalue weighted by atomic mass is 35.5. The van der Waals surface area contributed by atoms with E-state index in [4.69, 9.17) is 10.5 Å². The number of pyridine rings is 2. The Morgan fingerprint density at radius 3 is 2.10 bits per heavy atom. The lowest BCUT2D eigenvalue weighted by Crippen LogP contribution is -2.27. The van der Waals surface area contributed by atoms with E-state index in [1.807, 2.05) is 58.9 Å². The lowest BCUT2D eigenvalue weighted by molar-refractivity contribution is 0.0636. The molecular weight excluding hydrogens is 404 g/mol. The molecule has 0 fully saturated rings. The Kier molecular flexibility index (Phi) is 6.94. The third-order valence-corrected chi connectivity index (χ3v) is 3.99. The molecule has 4 rings (SSSR count). The number of nitrogen functional groups attached to an aromatic ring is 1. The number of fused-ring (bicyclic) bond motifs is 2. The summed E-state index contributed by atoms with van der Waals surface area (Å²) in [6.45, 7) is 9.33. The Morgan fingerprint density at radius 1 is 0.967 bits per heavy atom. The first-order valence-corrected chi connectivity index (χ1v) is 9.27. The van der Waals surface area contributed by atoms with Crippen molar-refractivity contribution in [2.45, 2.75) is 40.2 Å². The molecule has 30 heavy (non-hydrogen) atoms. The maximum Gasteiger partial charge on any atom is 0.412 e. The average Bonchev–Trinajstić information content (AvgIpc) is 3.18. The smallest absolute Gasteiger partial charge is 0.412 e. The van der Waals surface area contributed by atoms with Gasteiger partial charge in [0.15, 0.2) is 0 Å². The molecule has 0 aliphatic rings. The van der Waals surface area contributed by atoms with Gasteiger partial charge in [0.2, 0.25) is 0 Å². The van der Waals surface area contributed by atoms with Crippen LogP contribution in [0.2, 0.25) is 0 Å². The highest BCUT2D eigenvalue weighted by Gasteiger charge is 2.17. The number of nitrogens with zero attached hydrogens (tertiary/aromatic N) is 2. The lowest BCUT2D eigenvalue weighted by Gasteiger charge is -2.19. The predicted molar refractivity (Wildman–Crippen MR) is 123 cm³/mol. The van der Waals surface area contributed by atoms with Crippen molar-refractivity contribution >= 4 is 51.9 Å². The molecule has 4 aromatic rings. The van der Waals surface area contributed by atoms with Crippen molar-refractivity contribution in [1.29, 1.82) is 0 Å². The molecule has 0 unspecified atom stereocenters. The van der Waals surface area contributed by atoms with Gasteiger partial charge in [-0.25, -0.2) is 14.8 Å². The van der Waals surface area contributed by atoms with Crippen molar-refractivity contribution in [1.82, 2.24) is 19.9 Å². The molecule has 0 aliphatic carbocycles. The molecule has 4 heterocycles. The van der Waals surface area contributed by atoms with Crippen molar-refractivity contribution in [3.63, 3.8) is 0 Å². The van der Waals surface area contributed by atoms with E-state index in [1.54, 1.807) is 12.4 Å². The summed E-state index contributed by atoms with van der Waals surface area (Å²) in [5.41, 5.74) is 11.8. The van der Waals surface area contributed by atoms with Gasteiger partial charge >= 0.3 is 6.09 Å². The summed E-state index contributed by atoms with van der Waals surface area (Å²) in [6, 6.07) is 7.78. The van der Waals surface area contributed by atoms with Crippen LogP contribution in [0.1, 0.15) is 32.2 Å². The summed E-state index contributed by atoms with van der Waals surface area (Å²) in [6.07, 6.45) is 2.99. The topological polar surface area (TPSA) is 122 Å². The van der Waals surface area contributed by atoms with E-state index in [0.29, 0.717) is 11.4 Å². The molecule has 0 saturated heterocycles. The molecule has 8 nitrogen and oxygen atoms in total. The van der Waals surface area contributed by atoms with Crippen molar-refractivity contribution in [2.24, 2.45) is 0 Å². The predicted octanol–water partition coefficient (Wildman–Crippen LogP) is 5.09. The minimum absolute atomic E-state index is 0. The van der Waals surface area contributed by atoms with Gasteiger partial charge in [-0.15, -0.1) is 12.4 Å². The van der Waals surface area contributed by atoms with Gasteiger partial charge in [-0.1, -0.05) is 0 Å². The lowest BCUT2D eigenvalue weighted by atomic mass is 10.2. The third-order valence-electron chi connectivity index (χ3n) is 3.99. The zero-order valence-corrected chi connectivity index (χ0v) is 18.5. The van der Waals surface area contributed by atoms with Crippen LogP contribution in [-0.2, 0) is 4.74 Å². The maximum atomic E-state index is 11.7. The van der Waals surface area contributed by atoms with Crippen LogP contribution in [0.3, 0.4) is 0 Å². The van der Waals surface area contributed by atoms with Crippen LogP contribution < -0.4 is 11.1 Å². The molecule has 0 radical (unpaired) electrons. The number of ether oxygens (including phenoxy) is 1. The summed E-state index contributed by atoms with van der Waals surface area (Å²) in [5, 5.41) is 2.69. The minimum Gasteiger partial charge on any atom is -0.444 e. The molecule has 1 amide bonds. The number of aryl methyl sites for hydroxylation is 2. The number of aromatic amines is 2. The van der Waals surface area contributed by atoms with Crippen molar-refractivity contribution < 1.29 is 9.53 Å². The van der Waals surface area contributed by atoms with Gasteiger partial charge in [-0.05, 0) is 58.9 Å². The number of aromatic nitrogens is 4. The fourth-order valence-electron chi connectivity index (χ4n) is 2.72. The fourth-order valence-corrected chi connectivity index (χ4v) is 2.72. The first-order chi connectivity index (χ1) is 13.6. The third kappa shape index (κ3) is 5.64. The Morgan fingerprint density at radius 2 is 1.50 bits per heavy atom. The second-order valence-electron chi connectivity index (χ2n) is 7.77. The number of hydrogen-bond donors (Lipinski definition) is 4. The number of nitrogens with one attached hydrogen (secondary N) is 3. The van der Waals surface area contributed by atoms with Crippen molar-refractivity contribution in [2.75, 3.05) is 11.1 Å². The van der Waals surface area contributed by atoms with Gasteiger partial charge in [0.25, 0.3) is 0 Å². The largest absolute Gasteiger partial charge is 0.444 e. The minimum atomic E-state index is -0.514. The molecule has 0 spiro atoms. The number of hydrogen-bond acceptors (Lipinski definition) is 5. The number of amides is 1. The number of H-pyrrole nitrogens is 2. The van der Waals surface area contributed by atoms with Gasteiger partial charge in [0.05, 0.1) is 22.4 Å². The van der Waals surface area contributed by atoms with Crippen LogP contribution >= 0.6 is 12.4 Å². The van der Waals surface area contributed by atoms with Gasteiger partial charge in [-0.3, -0.25) is 5.32 Å². The van der Waals surface area contributed by atoms with Crippen LogP contribution in [0.5, 0.6) is 0 Å². The van der Waals surface area contributed by atoms with Crippen LogP contribution in [0.25, 0.3) is 22.1 Å². The number of carbonyl (C=O) groups is 1. The van der Waals surface area contributed by atoms with Crippen LogP contribution in [0.15, 0.2) is 36.7 Å². The Balaban J connectivity index is 0.000000229. The van der Waals surface area contributed by atoms with Crippen molar-refractivity contribution in [3.8, 4) is 0 Å². The first kappa shape index (κ1) is 23.0.